The fourth-order valence-corrected chi connectivity index (χ4v) is 1.38. The van der Waals surface area contributed by atoms with Crippen LogP contribution in [0.4, 0.5) is 0 Å². The Bertz CT molecular complexity index is 504. The van der Waals surface area contributed by atoms with Crippen LogP contribution in [-0.2, 0) is 0 Å². The monoisotopic (exact) mass is 203 g/mol. The van der Waals surface area contributed by atoms with Crippen molar-refractivity contribution in [2.45, 2.75) is 6.92 Å². The Morgan fingerprint density at radius 1 is 1.21 bits per heavy atom. The van der Waals surface area contributed by atoms with E-state index in [9.17, 15) is 0 Å². The maximum Gasteiger partial charge on any atom is 0.157 e. The number of rotatable bonds is 1. The van der Waals surface area contributed by atoms with Gasteiger partial charge in [0, 0.05) is 12.4 Å². The lowest BCUT2D eigenvalue weighted by molar-refractivity contribution is 1.11. The van der Waals surface area contributed by atoms with Crippen molar-refractivity contribution in [2.24, 2.45) is 0 Å². The molecule has 0 radical (unpaired) electrons. The van der Waals surface area contributed by atoms with E-state index in [0.29, 0.717) is 4.64 Å². The van der Waals surface area contributed by atoms with Gasteiger partial charge in [-0.2, -0.15) is 0 Å². The maximum atomic E-state index is 5.02. The van der Waals surface area contributed by atoms with Crippen LogP contribution in [0.15, 0.2) is 30.6 Å². The highest BCUT2D eigenvalue weighted by Crippen LogP contribution is 2.14. The first-order valence-corrected chi connectivity index (χ1v) is 4.65. The zero-order valence-corrected chi connectivity index (χ0v) is 8.51. The minimum Gasteiger partial charge on any atom is -0.329 e. The average Bonchev–Trinajstić information content (AvgIpc) is 2.18. The van der Waals surface area contributed by atoms with E-state index >= 15 is 0 Å². The third kappa shape index (κ3) is 1.70. The molecule has 0 saturated carbocycles. The number of H-pyrrole nitrogens is 1. The van der Waals surface area contributed by atoms with Crippen LogP contribution in [0.3, 0.4) is 0 Å². The van der Waals surface area contributed by atoms with Gasteiger partial charge >= 0.3 is 0 Å². The van der Waals surface area contributed by atoms with Gasteiger partial charge < -0.3 is 4.98 Å². The summed E-state index contributed by atoms with van der Waals surface area (Å²) in [6.07, 6.45) is 3.43. The Labute approximate surface area is 86.9 Å². The van der Waals surface area contributed by atoms with Gasteiger partial charge in [0.1, 0.15) is 10.3 Å². The number of aromatic nitrogens is 3. The Morgan fingerprint density at radius 3 is 2.79 bits per heavy atom. The van der Waals surface area contributed by atoms with E-state index in [1.165, 1.54) is 0 Å². The summed E-state index contributed by atoms with van der Waals surface area (Å²) in [5.74, 6) is 0.718. The standard InChI is InChI=1S/C10H9N3S/c1-7-3-2-5-11-9(7)10-12-6-4-8(14)13-10/h2-6H,1H3,(H,12,13,14). The topological polar surface area (TPSA) is 41.6 Å². The summed E-state index contributed by atoms with van der Waals surface area (Å²) < 4.78 is 0.667. The predicted octanol–water partition coefficient (Wildman–Crippen LogP) is 2.51. The normalized spacial score (nSPS) is 10.1. The second-order valence-corrected chi connectivity index (χ2v) is 3.39. The third-order valence-electron chi connectivity index (χ3n) is 1.90. The number of hydrogen-bond acceptors (Lipinski definition) is 3. The molecular weight excluding hydrogens is 194 g/mol. The quantitative estimate of drug-likeness (QED) is 0.724. The van der Waals surface area contributed by atoms with Crippen molar-refractivity contribution < 1.29 is 0 Å². The van der Waals surface area contributed by atoms with E-state index in [-0.39, 0.29) is 0 Å². The Kier molecular flexibility index (Phi) is 2.37. The number of aryl methyl sites for hydroxylation is 1. The van der Waals surface area contributed by atoms with Gasteiger partial charge in [-0.3, -0.25) is 4.98 Å². The minimum atomic E-state index is 0.667. The molecule has 0 amide bonds. The molecule has 2 aromatic rings. The van der Waals surface area contributed by atoms with E-state index < -0.39 is 0 Å². The highest BCUT2D eigenvalue weighted by Gasteiger charge is 2.02. The molecule has 0 aromatic carbocycles. The van der Waals surface area contributed by atoms with Crippen molar-refractivity contribution in [2.75, 3.05) is 0 Å². The van der Waals surface area contributed by atoms with E-state index in [1.807, 2.05) is 19.1 Å². The molecule has 0 unspecified atom stereocenters. The number of nitrogens with one attached hydrogen (secondary N) is 1. The molecule has 0 atom stereocenters. The number of aromatic amines is 1. The average molecular weight is 203 g/mol. The van der Waals surface area contributed by atoms with Crippen LogP contribution < -0.4 is 0 Å². The molecule has 0 aliphatic carbocycles. The fourth-order valence-electron chi connectivity index (χ4n) is 1.22. The Morgan fingerprint density at radius 2 is 2.07 bits per heavy atom. The van der Waals surface area contributed by atoms with Gasteiger partial charge in [-0.1, -0.05) is 18.3 Å². The SMILES string of the molecule is Cc1cccnc1-c1nccc(=S)[nH]1. The van der Waals surface area contributed by atoms with Crippen molar-refractivity contribution in [1.82, 2.24) is 15.0 Å². The molecule has 14 heavy (non-hydrogen) atoms. The largest absolute Gasteiger partial charge is 0.329 e. The summed E-state index contributed by atoms with van der Waals surface area (Å²) in [6, 6.07) is 5.64. The lowest BCUT2D eigenvalue weighted by Crippen LogP contribution is -1.93. The van der Waals surface area contributed by atoms with Gasteiger partial charge in [-0.05, 0) is 24.6 Å². The molecule has 0 aliphatic rings. The summed E-state index contributed by atoms with van der Waals surface area (Å²) in [5.41, 5.74) is 1.93. The third-order valence-corrected chi connectivity index (χ3v) is 2.14. The number of hydrogen-bond donors (Lipinski definition) is 1. The first kappa shape index (κ1) is 9.02. The van der Waals surface area contributed by atoms with Crippen molar-refractivity contribution in [1.29, 1.82) is 0 Å². The van der Waals surface area contributed by atoms with Gasteiger partial charge in [-0.25, -0.2) is 4.98 Å². The molecule has 2 heterocycles. The first-order valence-electron chi connectivity index (χ1n) is 4.25. The molecule has 70 valence electrons. The summed E-state index contributed by atoms with van der Waals surface area (Å²) in [6.45, 7) is 1.99. The number of pyridine rings is 1. The molecule has 2 rings (SSSR count). The van der Waals surface area contributed by atoms with E-state index in [1.54, 1.807) is 18.5 Å². The van der Waals surface area contributed by atoms with Gasteiger partial charge in [0.25, 0.3) is 0 Å². The highest BCUT2D eigenvalue weighted by molar-refractivity contribution is 7.71. The molecule has 1 N–H and O–H groups in total. The zero-order chi connectivity index (χ0) is 9.97. The molecule has 2 aromatic heterocycles. The predicted molar refractivity (Wildman–Crippen MR) is 57.4 cm³/mol. The minimum absolute atomic E-state index is 0.667. The van der Waals surface area contributed by atoms with Gasteiger partial charge in [0.2, 0.25) is 0 Å². The zero-order valence-electron chi connectivity index (χ0n) is 7.69. The Hall–Kier alpha value is -1.55. The second-order valence-electron chi connectivity index (χ2n) is 2.95. The van der Waals surface area contributed by atoms with Gasteiger partial charge in [-0.15, -0.1) is 0 Å². The molecule has 0 bridgehead atoms. The van der Waals surface area contributed by atoms with Crippen molar-refractivity contribution in [3.63, 3.8) is 0 Å². The van der Waals surface area contributed by atoms with Crippen LogP contribution in [-0.4, -0.2) is 15.0 Å². The van der Waals surface area contributed by atoms with Crippen molar-refractivity contribution in [3.8, 4) is 11.5 Å². The van der Waals surface area contributed by atoms with E-state index in [4.69, 9.17) is 12.2 Å². The van der Waals surface area contributed by atoms with Crippen LogP contribution in [0.25, 0.3) is 11.5 Å². The van der Waals surface area contributed by atoms with Crippen molar-refractivity contribution in [3.05, 3.63) is 40.8 Å². The molecular formula is C10H9N3S. The van der Waals surface area contributed by atoms with Crippen LogP contribution in [0.5, 0.6) is 0 Å². The molecule has 0 fully saturated rings. The smallest absolute Gasteiger partial charge is 0.157 e. The number of nitrogens with zero attached hydrogens (tertiary/aromatic N) is 2. The van der Waals surface area contributed by atoms with Gasteiger partial charge in [0.05, 0.1) is 0 Å². The summed E-state index contributed by atoms with van der Waals surface area (Å²) in [5, 5.41) is 0. The first-order chi connectivity index (χ1) is 6.77. The summed E-state index contributed by atoms with van der Waals surface area (Å²) >= 11 is 5.02. The lowest BCUT2D eigenvalue weighted by Gasteiger charge is -2.02. The van der Waals surface area contributed by atoms with Gasteiger partial charge in [0.15, 0.2) is 5.82 Å². The van der Waals surface area contributed by atoms with Crippen LogP contribution in [0, 0.1) is 11.6 Å². The van der Waals surface area contributed by atoms with Crippen LogP contribution >= 0.6 is 12.2 Å². The molecule has 0 saturated heterocycles. The molecule has 3 nitrogen and oxygen atoms in total. The van der Waals surface area contributed by atoms with Crippen molar-refractivity contribution >= 4 is 12.2 Å². The summed E-state index contributed by atoms with van der Waals surface area (Å²) in [7, 11) is 0. The second kappa shape index (κ2) is 3.67. The molecule has 0 spiro atoms. The molecule has 0 aliphatic heterocycles. The highest BCUT2D eigenvalue weighted by atomic mass is 32.1. The fraction of sp³-hybridized carbons (Fsp3) is 0.100. The van der Waals surface area contributed by atoms with E-state index in [2.05, 4.69) is 15.0 Å². The summed E-state index contributed by atoms with van der Waals surface area (Å²) in [4.78, 5) is 11.4. The molecule has 4 heteroatoms. The van der Waals surface area contributed by atoms with E-state index in [0.717, 1.165) is 17.1 Å². The lowest BCUT2D eigenvalue weighted by atomic mass is 10.2. The van der Waals surface area contributed by atoms with Crippen LogP contribution in [0.2, 0.25) is 0 Å². The van der Waals surface area contributed by atoms with Crippen LogP contribution in [0.1, 0.15) is 5.56 Å². The maximum absolute atomic E-state index is 5.02. The Balaban J connectivity index is 2.61.